The number of rotatable bonds is 7. The Morgan fingerprint density at radius 1 is 1.12 bits per heavy atom. The van der Waals surface area contributed by atoms with E-state index in [9.17, 15) is 22.4 Å². The van der Waals surface area contributed by atoms with Crippen LogP contribution in [0.15, 0.2) is 72.0 Å². The minimum atomic E-state index is -4.51. The van der Waals surface area contributed by atoms with Crippen LogP contribution in [0.3, 0.4) is 0 Å². The van der Waals surface area contributed by atoms with Crippen LogP contribution >= 0.6 is 11.8 Å². The lowest BCUT2D eigenvalue weighted by molar-refractivity contribution is -0.137. The first-order valence-electron chi connectivity index (χ1n) is 10.4. The van der Waals surface area contributed by atoms with Crippen LogP contribution in [-0.2, 0) is 16.7 Å². The summed E-state index contributed by atoms with van der Waals surface area (Å²) in [6.07, 6.45) is -2.57. The molecule has 2 aromatic heterocycles. The van der Waals surface area contributed by atoms with Crippen LogP contribution in [0.1, 0.15) is 30.5 Å². The maximum absolute atomic E-state index is 13.2. The van der Waals surface area contributed by atoms with Gasteiger partial charge in [0.15, 0.2) is 10.8 Å². The molecular weight excluding hydrogens is 468 g/mol. The van der Waals surface area contributed by atoms with Gasteiger partial charge in [-0.15, -0.1) is 0 Å². The van der Waals surface area contributed by atoms with Crippen LogP contribution in [0, 0.1) is 5.82 Å². The smallest absolute Gasteiger partial charge is 0.324 e. The third-order valence-corrected chi connectivity index (χ3v) is 6.18. The van der Waals surface area contributed by atoms with E-state index in [-0.39, 0.29) is 11.5 Å². The summed E-state index contributed by atoms with van der Waals surface area (Å²) < 4.78 is 54.1. The first kappa shape index (κ1) is 23.7. The zero-order valence-electron chi connectivity index (χ0n) is 18.0. The molecule has 0 bridgehead atoms. The van der Waals surface area contributed by atoms with Crippen molar-refractivity contribution >= 4 is 34.5 Å². The van der Waals surface area contributed by atoms with Gasteiger partial charge in [-0.2, -0.15) is 13.2 Å². The number of nitrogens with zero attached hydrogens (tertiary/aromatic N) is 3. The van der Waals surface area contributed by atoms with Gasteiger partial charge in [-0.3, -0.25) is 9.36 Å². The number of carbonyl (C=O) groups is 1. The summed E-state index contributed by atoms with van der Waals surface area (Å²) in [6.45, 7) is 1.81. The van der Waals surface area contributed by atoms with Crippen molar-refractivity contribution in [2.24, 2.45) is 0 Å². The molecule has 176 valence electrons. The van der Waals surface area contributed by atoms with Gasteiger partial charge >= 0.3 is 6.18 Å². The number of pyridine rings is 1. The molecule has 1 amide bonds. The molecule has 1 unspecified atom stereocenters. The first-order valence-corrected chi connectivity index (χ1v) is 11.4. The molecule has 5 nitrogen and oxygen atoms in total. The Kier molecular flexibility index (Phi) is 6.87. The summed E-state index contributed by atoms with van der Waals surface area (Å²) in [7, 11) is 0. The van der Waals surface area contributed by atoms with Crippen LogP contribution in [-0.4, -0.2) is 20.4 Å². The molecule has 0 fully saturated rings. The molecule has 4 aromatic rings. The lowest BCUT2D eigenvalue weighted by Gasteiger charge is -2.20. The minimum absolute atomic E-state index is 0.0520. The van der Waals surface area contributed by atoms with Crippen LogP contribution < -0.4 is 5.32 Å². The number of halogens is 4. The van der Waals surface area contributed by atoms with Gasteiger partial charge in [-0.1, -0.05) is 36.9 Å². The van der Waals surface area contributed by atoms with Gasteiger partial charge in [-0.25, -0.2) is 14.4 Å². The number of fused-ring (bicyclic) bond motifs is 1. The Morgan fingerprint density at radius 3 is 2.59 bits per heavy atom. The highest BCUT2D eigenvalue weighted by molar-refractivity contribution is 7.98. The Bertz CT molecular complexity index is 1300. The molecule has 34 heavy (non-hydrogen) atoms. The van der Waals surface area contributed by atoms with Crippen molar-refractivity contribution in [1.29, 1.82) is 0 Å². The highest BCUT2D eigenvalue weighted by atomic mass is 32.2. The SMILES string of the molecule is CCC(C(=O)Nc1cccc(C(F)(F)F)c1)n1c(SCc2ccc(F)cc2)nc2cccnc21. The predicted molar refractivity (Wildman–Crippen MR) is 123 cm³/mol. The van der Waals surface area contributed by atoms with E-state index in [1.54, 1.807) is 42.0 Å². The molecule has 0 radical (unpaired) electrons. The maximum atomic E-state index is 13.2. The maximum Gasteiger partial charge on any atom is 0.416 e. The van der Waals surface area contributed by atoms with E-state index in [1.165, 1.54) is 36.0 Å². The summed E-state index contributed by atoms with van der Waals surface area (Å²) in [4.78, 5) is 22.2. The van der Waals surface area contributed by atoms with Crippen molar-refractivity contribution < 1.29 is 22.4 Å². The van der Waals surface area contributed by atoms with E-state index in [0.29, 0.717) is 28.5 Å². The van der Waals surface area contributed by atoms with Crippen molar-refractivity contribution in [1.82, 2.24) is 14.5 Å². The van der Waals surface area contributed by atoms with Crippen molar-refractivity contribution in [2.75, 3.05) is 5.32 Å². The highest BCUT2D eigenvalue weighted by Crippen LogP contribution is 2.33. The minimum Gasteiger partial charge on any atom is -0.324 e. The molecule has 2 aromatic carbocycles. The summed E-state index contributed by atoms with van der Waals surface area (Å²) >= 11 is 1.37. The summed E-state index contributed by atoms with van der Waals surface area (Å²) in [5.41, 5.74) is 1.17. The number of alkyl halides is 3. The normalized spacial score (nSPS) is 12.6. The van der Waals surface area contributed by atoms with Crippen LogP contribution in [0.5, 0.6) is 0 Å². The Hall–Kier alpha value is -3.40. The second-order valence-electron chi connectivity index (χ2n) is 7.52. The largest absolute Gasteiger partial charge is 0.416 e. The van der Waals surface area contributed by atoms with Crippen LogP contribution in [0.25, 0.3) is 11.2 Å². The fourth-order valence-corrected chi connectivity index (χ4v) is 4.51. The average molecular weight is 489 g/mol. The standard InChI is InChI=1S/C24H20F4N4OS/c1-2-20(22(33)30-18-6-3-5-16(13-18)24(26,27)28)32-21-19(7-4-12-29-21)31-23(32)34-14-15-8-10-17(25)11-9-15/h3-13,20H,2,14H2,1H3,(H,30,33). The van der Waals surface area contributed by atoms with E-state index < -0.39 is 23.7 Å². The van der Waals surface area contributed by atoms with Gasteiger partial charge < -0.3 is 5.32 Å². The number of benzene rings is 2. The van der Waals surface area contributed by atoms with Crippen molar-refractivity contribution in [3.05, 3.63) is 83.8 Å². The second kappa shape index (κ2) is 9.84. The number of anilines is 1. The van der Waals surface area contributed by atoms with Gasteiger partial charge in [0.2, 0.25) is 5.91 Å². The monoisotopic (exact) mass is 488 g/mol. The number of amides is 1. The summed E-state index contributed by atoms with van der Waals surface area (Å²) in [5.74, 6) is -0.326. The Labute approximate surface area is 197 Å². The molecule has 0 aliphatic heterocycles. The lowest BCUT2D eigenvalue weighted by Crippen LogP contribution is -2.26. The third-order valence-electron chi connectivity index (χ3n) is 5.16. The van der Waals surface area contributed by atoms with Crippen molar-refractivity contribution in [2.45, 2.75) is 36.5 Å². The number of hydrogen-bond donors (Lipinski definition) is 1. The van der Waals surface area contributed by atoms with Gasteiger partial charge in [0.05, 0.1) is 5.56 Å². The van der Waals surface area contributed by atoms with Gasteiger partial charge in [-0.05, 0) is 54.4 Å². The van der Waals surface area contributed by atoms with Crippen LogP contribution in [0.4, 0.5) is 23.2 Å². The molecular formula is C24H20F4N4OS. The fraction of sp³-hybridized carbons (Fsp3) is 0.208. The molecule has 10 heteroatoms. The number of thioether (sulfide) groups is 1. The van der Waals surface area contributed by atoms with Crippen molar-refractivity contribution in [3.8, 4) is 0 Å². The van der Waals surface area contributed by atoms with E-state index in [0.717, 1.165) is 17.7 Å². The number of aromatic nitrogens is 3. The topological polar surface area (TPSA) is 59.8 Å². The predicted octanol–water partition coefficient (Wildman–Crippen LogP) is 6.47. The fourth-order valence-electron chi connectivity index (χ4n) is 3.50. The molecule has 1 atom stereocenters. The number of imidazole rings is 1. The van der Waals surface area contributed by atoms with Gasteiger partial charge in [0, 0.05) is 17.6 Å². The summed E-state index contributed by atoms with van der Waals surface area (Å²) in [6, 6.07) is 13.3. The van der Waals surface area contributed by atoms with E-state index in [2.05, 4.69) is 15.3 Å². The zero-order chi connectivity index (χ0) is 24.3. The van der Waals surface area contributed by atoms with Gasteiger partial charge in [0.25, 0.3) is 0 Å². The molecule has 0 aliphatic rings. The summed E-state index contributed by atoms with van der Waals surface area (Å²) in [5, 5.41) is 3.13. The molecule has 0 saturated heterocycles. The van der Waals surface area contributed by atoms with E-state index >= 15 is 0 Å². The quantitative estimate of drug-likeness (QED) is 0.239. The molecule has 4 rings (SSSR count). The molecule has 0 saturated carbocycles. The lowest BCUT2D eigenvalue weighted by atomic mass is 10.1. The van der Waals surface area contributed by atoms with Crippen LogP contribution in [0.2, 0.25) is 0 Å². The highest BCUT2D eigenvalue weighted by Gasteiger charge is 2.31. The number of carbonyl (C=O) groups excluding carboxylic acids is 1. The van der Waals surface area contributed by atoms with E-state index in [4.69, 9.17) is 0 Å². The Balaban J connectivity index is 1.64. The Morgan fingerprint density at radius 2 is 1.88 bits per heavy atom. The molecule has 2 heterocycles. The van der Waals surface area contributed by atoms with Gasteiger partial charge in [0.1, 0.15) is 17.4 Å². The number of nitrogens with one attached hydrogen (secondary N) is 1. The average Bonchev–Trinajstić information content (AvgIpc) is 3.17. The second-order valence-corrected chi connectivity index (χ2v) is 8.46. The molecule has 0 aliphatic carbocycles. The number of hydrogen-bond acceptors (Lipinski definition) is 4. The molecule has 1 N–H and O–H groups in total. The van der Waals surface area contributed by atoms with E-state index in [1.807, 2.05) is 0 Å². The van der Waals surface area contributed by atoms with Crippen molar-refractivity contribution in [3.63, 3.8) is 0 Å². The molecule has 0 spiro atoms. The third kappa shape index (κ3) is 5.22. The zero-order valence-corrected chi connectivity index (χ0v) is 18.8. The first-order chi connectivity index (χ1) is 16.3.